The zero-order chi connectivity index (χ0) is 9.84. The van der Waals surface area contributed by atoms with Crippen molar-refractivity contribution in [2.24, 2.45) is 5.92 Å². The zero-order valence-electron chi connectivity index (χ0n) is 8.50. The minimum atomic E-state index is 0.508. The molecule has 74 valence electrons. The summed E-state index contributed by atoms with van der Waals surface area (Å²) < 4.78 is 2.03. The van der Waals surface area contributed by atoms with Crippen LogP contribution in [-0.2, 0) is 6.54 Å². The molecule has 1 heterocycles. The van der Waals surface area contributed by atoms with Gasteiger partial charge in [0.2, 0.25) is 0 Å². The molecule has 0 amide bonds. The van der Waals surface area contributed by atoms with Crippen molar-refractivity contribution in [2.75, 3.05) is 5.33 Å². The van der Waals surface area contributed by atoms with Gasteiger partial charge in [-0.15, -0.1) is 0 Å². The summed E-state index contributed by atoms with van der Waals surface area (Å²) in [5, 5.41) is 5.49. The van der Waals surface area contributed by atoms with E-state index in [1.807, 2.05) is 4.68 Å². The zero-order valence-corrected chi connectivity index (χ0v) is 10.1. The highest BCUT2D eigenvalue weighted by atomic mass is 79.9. The van der Waals surface area contributed by atoms with Crippen LogP contribution in [0.4, 0.5) is 0 Å². The molecule has 3 heteroatoms. The first-order valence-corrected chi connectivity index (χ1v) is 5.85. The molecular formula is C10H17BrN2. The second kappa shape index (κ2) is 4.80. The summed E-state index contributed by atoms with van der Waals surface area (Å²) in [5.74, 6) is 1.17. The molecule has 13 heavy (non-hydrogen) atoms. The van der Waals surface area contributed by atoms with Crippen LogP contribution in [-0.4, -0.2) is 15.1 Å². The quantitative estimate of drug-likeness (QED) is 0.745. The summed E-state index contributed by atoms with van der Waals surface area (Å²) in [5.41, 5.74) is 1.18. The number of hydrogen-bond acceptors (Lipinski definition) is 1. The molecule has 1 rings (SSSR count). The number of hydrogen-bond donors (Lipinski definition) is 0. The largest absolute Gasteiger partial charge is 0.272 e. The van der Waals surface area contributed by atoms with E-state index in [-0.39, 0.29) is 0 Å². The van der Waals surface area contributed by atoms with E-state index in [0.717, 1.165) is 11.9 Å². The summed E-state index contributed by atoms with van der Waals surface area (Å²) in [6.07, 6.45) is 2.06. The predicted octanol–water partition coefficient (Wildman–Crippen LogP) is 3.04. The topological polar surface area (TPSA) is 17.8 Å². The average Bonchev–Trinajstić information content (AvgIpc) is 2.50. The minimum Gasteiger partial charge on any atom is -0.272 e. The maximum absolute atomic E-state index is 4.51. The van der Waals surface area contributed by atoms with Crippen LogP contribution in [0.2, 0.25) is 0 Å². The Hall–Kier alpha value is -0.310. The molecule has 0 aliphatic carbocycles. The number of rotatable bonds is 4. The molecule has 2 nitrogen and oxygen atoms in total. The van der Waals surface area contributed by atoms with Gasteiger partial charge in [0.15, 0.2) is 0 Å². The van der Waals surface area contributed by atoms with Crippen LogP contribution in [0.1, 0.15) is 32.4 Å². The first-order valence-electron chi connectivity index (χ1n) is 4.72. The molecule has 0 N–H and O–H groups in total. The van der Waals surface area contributed by atoms with Gasteiger partial charge in [0.1, 0.15) is 0 Å². The number of nitrogens with zero attached hydrogens (tertiary/aromatic N) is 2. The van der Waals surface area contributed by atoms with Crippen molar-refractivity contribution < 1.29 is 0 Å². The van der Waals surface area contributed by atoms with Crippen LogP contribution in [0, 0.1) is 5.92 Å². The third kappa shape index (κ3) is 3.14. The monoisotopic (exact) mass is 244 g/mol. The van der Waals surface area contributed by atoms with Gasteiger partial charge in [-0.1, -0.05) is 36.7 Å². The fraction of sp³-hybridized carbons (Fsp3) is 0.700. The van der Waals surface area contributed by atoms with Crippen molar-refractivity contribution in [3.8, 4) is 0 Å². The summed E-state index contributed by atoms with van der Waals surface area (Å²) in [7, 11) is 0. The normalized spacial score (nSPS) is 13.6. The van der Waals surface area contributed by atoms with Gasteiger partial charge in [-0.3, -0.25) is 4.68 Å². The SMILES string of the molecule is CC(C)Cn1ccc(C(C)CBr)n1. The molecule has 1 unspecified atom stereocenters. The Bertz CT molecular complexity index is 255. The van der Waals surface area contributed by atoms with Crippen molar-refractivity contribution in [2.45, 2.75) is 33.2 Å². The van der Waals surface area contributed by atoms with Crippen molar-refractivity contribution in [1.82, 2.24) is 9.78 Å². The molecule has 0 radical (unpaired) electrons. The highest BCUT2D eigenvalue weighted by Crippen LogP contribution is 2.14. The molecule has 1 aromatic rings. The third-order valence-electron chi connectivity index (χ3n) is 1.95. The average molecular weight is 245 g/mol. The smallest absolute Gasteiger partial charge is 0.0661 e. The lowest BCUT2D eigenvalue weighted by molar-refractivity contribution is 0.478. The summed E-state index contributed by atoms with van der Waals surface area (Å²) >= 11 is 3.46. The van der Waals surface area contributed by atoms with E-state index in [1.54, 1.807) is 0 Å². The molecule has 0 aliphatic rings. The molecule has 0 aromatic carbocycles. The molecule has 1 atom stereocenters. The lowest BCUT2D eigenvalue weighted by Gasteiger charge is -2.05. The van der Waals surface area contributed by atoms with E-state index in [4.69, 9.17) is 0 Å². The molecule has 0 bridgehead atoms. The molecule has 1 aromatic heterocycles. The van der Waals surface area contributed by atoms with E-state index >= 15 is 0 Å². The van der Waals surface area contributed by atoms with E-state index < -0.39 is 0 Å². The maximum Gasteiger partial charge on any atom is 0.0661 e. The van der Waals surface area contributed by atoms with Crippen molar-refractivity contribution in [1.29, 1.82) is 0 Å². The van der Waals surface area contributed by atoms with Gasteiger partial charge >= 0.3 is 0 Å². The maximum atomic E-state index is 4.51. The highest BCUT2D eigenvalue weighted by molar-refractivity contribution is 9.09. The Morgan fingerprint density at radius 1 is 1.46 bits per heavy atom. The Kier molecular flexibility index (Phi) is 3.97. The van der Waals surface area contributed by atoms with Crippen LogP contribution in [0.5, 0.6) is 0 Å². The van der Waals surface area contributed by atoms with Crippen LogP contribution in [0.15, 0.2) is 12.3 Å². The highest BCUT2D eigenvalue weighted by Gasteiger charge is 2.07. The molecule has 0 fully saturated rings. The molecule has 0 saturated carbocycles. The molecular weight excluding hydrogens is 228 g/mol. The third-order valence-corrected chi connectivity index (χ3v) is 2.92. The van der Waals surface area contributed by atoms with Crippen molar-refractivity contribution in [3.05, 3.63) is 18.0 Å². The molecule has 0 spiro atoms. The first-order chi connectivity index (χ1) is 6.13. The minimum absolute atomic E-state index is 0.508. The van der Waals surface area contributed by atoms with Gasteiger partial charge in [-0.2, -0.15) is 5.10 Å². The fourth-order valence-electron chi connectivity index (χ4n) is 1.20. The lowest BCUT2D eigenvalue weighted by Crippen LogP contribution is -2.06. The Labute approximate surface area is 88.5 Å². The van der Waals surface area contributed by atoms with E-state index in [0.29, 0.717) is 11.8 Å². The summed E-state index contributed by atoms with van der Waals surface area (Å²) in [6.45, 7) is 7.59. The predicted molar refractivity (Wildman–Crippen MR) is 59.3 cm³/mol. The van der Waals surface area contributed by atoms with Crippen LogP contribution in [0.25, 0.3) is 0 Å². The summed E-state index contributed by atoms with van der Waals surface area (Å²) in [4.78, 5) is 0. The van der Waals surface area contributed by atoms with Gasteiger partial charge < -0.3 is 0 Å². The van der Waals surface area contributed by atoms with Crippen molar-refractivity contribution in [3.63, 3.8) is 0 Å². The number of alkyl halides is 1. The van der Waals surface area contributed by atoms with Gasteiger partial charge in [0.25, 0.3) is 0 Å². The Balaban J connectivity index is 2.63. The van der Waals surface area contributed by atoms with Crippen LogP contribution < -0.4 is 0 Å². The van der Waals surface area contributed by atoms with Gasteiger partial charge in [-0.05, 0) is 12.0 Å². The van der Waals surface area contributed by atoms with E-state index in [1.165, 1.54) is 5.69 Å². The van der Waals surface area contributed by atoms with E-state index in [2.05, 4.69) is 54.1 Å². The standard InChI is InChI=1S/C10H17BrN2/c1-8(2)7-13-5-4-10(12-13)9(3)6-11/h4-5,8-9H,6-7H2,1-3H3. The second-order valence-electron chi connectivity index (χ2n) is 3.91. The number of halogens is 1. The van der Waals surface area contributed by atoms with Crippen LogP contribution in [0.3, 0.4) is 0 Å². The Morgan fingerprint density at radius 3 is 2.69 bits per heavy atom. The van der Waals surface area contributed by atoms with Gasteiger partial charge in [0, 0.05) is 24.0 Å². The molecule has 0 saturated heterocycles. The first kappa shape index (κ1) is 10.8. The van der Waals surface area contributed by atoms with Crippen LogP contribution >= 0.6 is 15.9 Å². The number of aromatic nitrogens is 2. The second-order valence-corrected chi connectivity index (χ2v) is 4.56. The summed E-state index contributed by atoms with van der Waals surface area (Å²) in [6, 6.07) is 2.11. The Morgan fingerprint density at radius 2 is 2.15 bits per heavy atom. The molecule has 0 aliphatic heterocycles. The lowest BCUT2D eigenvalue weighted by atomic mass is 10.1. The van der Waals surface area contributed by atoms with Gasteiger partial charge in [0.05, 0.1) is 5.69 Å². The van der Waals surface area contributed by atoms with E-state index in [9.17, 15) is 0 Å². The van der Waals surface area contributed by atoms with Gasteiger partial charge in [-0.25, -0.2) is 0 Å². The van der Waals surface area contributed by atoms with Crippen molar-refractivity contribution >= 4 is 15.9 Å². The fourth-order valence-corrected chi connectivity index (χ4v) is 1.53.